The molecule has 3 rings (SSSR count). The van der Waals surface area contributed by atoms with Crippen molar-refractivity contribution in [2.75, 3.05) is 13.1 Å². The summed E-state index contributed by atoms with van der Waals surface area (Å²) in [5, 5.41) is 8.16. The lowest BCUT2D eigenvalue weighted by molar-refractivity contribution is 0.245. The zero-order valence-corrected chi connectivity index (χ0v) is 11.9. The molecule has 5 heteroatoms. The molecule has 0 spiro atoms. The Bertz CT molecular complexity index is 521. The van der Waals surface area contributed by atoms with E-state index in [-0.39, 0.29) is 0 Å². The van der Waals surface area contributed by atoms with Gasteiger partial charge in [-0.2, -0.15) is 0 Å². The summed E-state index contributed by atoms with van der Waals surface area (Å²) in [5.41, 5.74) is 0. The van der Waals surface area contributed by atoms with Gasteiger partial charge in [-0.15, -0.1) is 10.2 Å². The van der Waals surface area contributed by atoms with Gasteiger partial charge in [0.1, 0.15) is 0 Å². The SMILES string of the molecule is CCC1CCCN(Cc2nnc(-c3ccco3)o2)CC1. The molecule has 1 atom stereocenters. The third-order valence-corrected chi connectivity index (χ3v) is 4.08. The highest BCUT2D eigenvalue weighted by molar-refractivity contribution is 5.42. The predicted molar refractivity (Wildman–Crippen MR) is 74.9 cm³/mol. The molecule has 2 aromatic rings. The topological polar surface area (TPSA) is 55.3 Å². The minimum atomic E-state index is 0.464. The first-order chi connectivity index (χ1) is 9.85. The maximum absolute atomic E-state index is 5.67. The minimum absolute atomic E-state index is 0.464. The molecule has 1 aliphatic heterocycles. The van der Waals surface area contributed by atoms with E-state index in [9.17, 15) is 0 Å². The lowest BCUT2D eigenvalue weighted by atomic mass is 9.98. The largest absolute Gasteiger partial charge is 0.459 e. The molecule has 1 unspecified atom stereocenters. The van der Waals surface area contributed by atoms with Gasteiger partial charge in [-0.3, -0.25) is 4.90 Å². The summed E-state index contributed by atoms with van der Waals surface area (Å²) in [7, 11) is 0. The number of rotatable bonds is 4. The van der Waals surface area contributed by atoms with Gasteiger partial charge in [0.2, 0.25) is 5.89 Å². The molecule has 0 N–H and O–H groups in total. The molecule has 0 amide bonds. The van der Waals surface area contributed by atoms with Crippen LogP contribution in [-0.4, -0.2) is 28.2 Å². The summed E-state index contributed by atoms with van der Waals surface area (Å²) in [6, 6.07) is 3.65. The molecule has 0 radical (unpaired) electrons. The van der Waals surface area contributed by atoms with Crippen molar-refractivity contribution in [2.24, 2.45) is 5.92 Å². The molecular weight excluding hydrogens is 254 g/mol. The molecule has 0 saturated carbocycles. The zero-order chi connectivity index (χ0) is 13.8. The van der Waals surface area contributed by atoms with E-state index in [1.165, 1.54) is 25.7 Å². The molecule has 2 aromatic heterocycles. The van der Waals surface area contributed by atoms with Crippen molar-refractivity contribution < 1.29 is 8.83 Å². The van der Waals surface area contributed by atoms with Gasteiger partial charge >= 0.3 is 0 Å². The maximum Gasteiger partial charge on any atom is 0.283 e. The molecule has 5 nitrogen and oxygen atoms in total. The molecule has 1 saturated heterocycles. The quantitative estimate of drug-likeness (QED) is 0.856. The van der Waals surface area contributed by atoms with Crippen LogP contribution in [-0.2, 0) is 6.54 Å². The monoisotopic (exact) mass is 275 g/mol. The van der Waals surface area contributed by atoms with E-state index in [2.05, 4.69) is 22.0 Å². The van der Waals surface area contributed by atoms with Crippen LogP contribution in [0.15, 0.2) is 27.2 Å². The Labute approximate surface area is 119 Å². The van der Waals surface area contributed by atoms with Crippen LogP contribution in [0.5, 0.6) is 0 Å². The third-order valence-electron chi connectivity index (χ3n) is 4.08. The fourth-order valence-electron chi connectivity index (χ4n) is 2.80. The zero-order valence-electron chi connectivity index (χ0n) is 11.9. The summed E-state index contributed by atoms with van der Waals surface area (Å²) in [5.74, 6) is 2.64. The maximum atomic E-state index is 5.67. The number of hydrogen-bond acceptors (Lipinski definition) is 5. The van der Waals surface area contributed by atoms with E-state index in [0.29, 0.717) is 17.5 Å². The Balaban J connectivity index is 1.60. The Morgan fingerprint density at radius 2 is 2.25 bits per heavy atom. The second-order valence-electron chi connectivity index (χ2n) is 5.46. The number of aromatic nitrogens is 2. The number of likely N-dealkylation sites (tertiary alicyclic amines) is 1. The van der Waals surface area contributed by atoms with Crippen molar-refractivity contribution in [1.82, 2.24) is 15.1 Å². The number of hydrogen-bond donors (Lipinski definition) is 0. The van der Waals surface area contributed by atoms with Crippen molar-refractivity contribution in [3.8, 4) is 11.7 Å². The third kappa shape index (κ3) is 3.10. The van der Waals surface area contributed by atoms with Gasteiger partial charge in [0, 0.05) is 0 Å². The fourth-order valence-corrected chi connectivity index (χ4v) is 2.80. The second kappa shape index (κ2) is 6.22. The van der Waals surface area contributed by atoms with Crippen LogP contribution in [0, 0.1) is 5.92 Å². The van der Waals surface area contributed by atoms with Crippen LogP contribution in [0.2, 0.25) is 0 Å². The van der Waals surface area contributed by atoms with Gasteiger partial charge in [-0.05, 0) is 50.4 Å². The van der Waals surface area contributed by atoms with E-state index < -0.39 is 0 Å². The van der Waals surface area contributed by atoms with E-state index in [1.807, 2.05) is 12.1 Å². The van der Waals surface area contributed by atoms with Crippen LogP contribution in [0.3, 0.4) is 0 Å². The minimum Gasteiger partial charge on any atom is -0.459 e. The molecule has 3 heterocycles. The summed E-state index contributed by atoms with van der Waals surface area (Å²) in [4.78, 5) is 2.41. The molecule has 0 bridgehead atoms. The first-order valence-corrected chi connectivity index (χ1v) is 7.43. The predicted octanol–water partition coefficient (Wildman–Crippen LogP) is 3.34. The van der Waals surface area contributed by atoms with Crippen molar-refractivity contribution in [2.45, 2.75) is 39.2 Å². The van der Waals surface area contributed by atoms with Crippen LogP contribution < -0.4 is 0 Å². The van der Waals surface area contributed by atoms with E-state index >= 15 is 0 Å². The summed E-state index contributed by atoms with van der Waals surface area (Å²) in [6.45, 7) is 5.27. The smallest absolute Gasteiger partial charge is 0.283 e. The first kappa shape index (κ1) is 13.4. The lowest BCUT2D eigenvalue weighted by Crippen LogP contribution is -2.24. The fraction of sp³-hybridized carbons (Fsp3) is 0.600. The normalized spacial score (nSPS) is 20.9. The Morgan fingerprint density at radius 3 is 3.05 bits per heavy atom. The Kier molecular flexibility index (Phi) is 4.16. The standard InChI is InChI=1S/C15H21N3O2/c1-2-12-5-3-8-18(9-7-12)11-14-16-17-15(20-14)13-6-4-10-19-13/h4,6,10,12H,2-3,5,7-9,11H2,1H3. The van der Waals surface area contributed by atoms with Crippen molar-refractivity contribution in [3.05, 3.63) is 24.3 Å². The molecule has 20 heavy (non-hydrogen) atoms. The molecule has 1 aliphatic rings. The highest BCUT2D eigenvalue weighted by Crippen LogP contribution is 2.22. The number of furan rings is 1. The molecule has 0 aliphatic carbocycles. The first-order valence-electron chi connectivity index (χ1n) is 7.43. The summed E-state index contributed by atoms with van der Waals surface area (Å²) >= 11 is 0. The van der Waals surface area contributed by atoms with Gasteiger partial charge in [0.05, 0.1) is 12.8 Å². The second-order valence-corrected chi connectivity index (χ2v) is 5.46. The molecule has 108 valence electrons. The van der Waals surface area contributed by atoms with Gasteiger partial charge in [0.25, 0.3) is 5.89 Å². The van der Waals surface area contributed by atoms with Gasteiger partial charge in [-0.1, -0.05) is 13.3 Å². The van der Waals surface area contributed by atoms with E-state index in [1.54, 1.807) is 6.26 Å². The number of nitrogens with zero attached hydrogens (tertiary/aromatic N) is 3. The molecule has 1 fully saturated rings. The van der Waals surface area contributed by atoms with Crippen molar-refractivity contribution in [3.63, 3.8) is 0 Å². The van der Waals surface area contributed by atoms with Crippen LogP contribution >= 0.6 is 0 Å². The van der Waals surface area contributed by atoms with Gasteiger partial charge in [0.15, 0.2) is 5.76 Å². The van der Waals surface area contributed by atoms with Crippen LogP contribution in [0.1, 0.15) is 38.5 Å². The highest BCUT2D eigenvalue weighted by Gasteiger charge is 2.18. The van der Waals surface area contributed by atoms with Crippen molar-refractivity contribution in [1.29, 1.82) is 0 Å². The van der Waals surface area contributed by atoms with Crippen LogP contribution in [0.4, 0.5) is 0 Å². The van der Waals surface area contributed by atoms with Crippen molar-refractivity contribution >= 4 is 0 Å². The van der Waals surface area contributed by atoms with Crippen LogP contribution in [0.25, 0.3) is 11.7 Å². The molecule has 0 aromatic carbocycles. The highest BCUT2D eigenvalue weighted by atomic mass is 16.4. The molecular formula is C15H21N3O2. The van der Waals surface area contributed by atoms with E-state index in [4.69, 9.17) is 8.83 Å². The lowest BCUT2D eigenvalue weighted by Gasteiger charge is -2.17. The summed E-state index contributed by atoms with van der Waals surface area (Å²) in [6.07, 6.45) is 6.78. The summed E-state index contributed by atoms with van der Waals surface area (Å²) < 4.78 is 10.9. The van der Waals surface area contributed by atoms with Gasteiger partial charge < -0.3 is 8.83 Å². The van der Waals surface area contributed by atoms with Gasteiger partial charge in [-0.25, -0.2) is 0 Å². The Hall–Kier alpha value is -1.62. The average molecular weight is 275 g/mol. The van der Waals surface area contributed by atoms with E-state index in [0.717, 1.165) is 25.6 Å². The average Bonchev–Trinajstić information content (AvgIpc) is 3.08. The Morgan fingerprint density at radius 1 is 1.30 bits per heavy atom.